The van der Waals surface area contributed by atoms with Crippen molar-refractivity contribution in [1.29, 1.82) is 0 Å². The number of benzene rings is 2. The number of carboxylic acid groups (broad SMARTS) is 1. The van der Waals surface area contributed by atoms with Crippen molar-refractivity contribution >= 4 is 17.9 Å². The smallest absolute Gasteiger partial charge is 0.334 e. The zero-order valence-corrected chi connectivity index (χ0v) is 21.6. The average Bonchev–Trinajstić information content (AvgIpc) is 2.88. The highest BCUT2D eigenvalue weighted by atomic mass is 19.1. The second kappa shape index (κ2) is 11.1. The molecule has 2 aliphatic heterocycles. The quantitative estimate of drug-likeness (QED) is 0.573. The lowest BCUT2D eigenvalue weighted by Crippen LogP contribution is -2.74. The van der Waals surface area contributed by atoms with Crippen molar-refractivity contribution in [1.82, 2.24) is 25.1 Å². The van der Waals surface area contributed by atoms with E-state index in [0.717, 1.165) is 11.1 Å². The predicted octanol–water partition coefficient (Wildman–Crippen LogP) is 2.79. The Labute approximate surface area is 220 Å². The van der Waals surface area contributed by atoms with Gasteiger partial charge in [-0.05, 0) is 42.3 Å². The highest BCUT2D eigenvalue weighted by molar-refractivity contribution is 5.84. The largest absolute Gasteiger partial charge is 0.497 e. The monoisotopic (exact) mass is 525 g/mol. The lowest BCUT2D eigenvalue weighted by Gasteiger charge is -2.57. The van der Waals surface area contributed by atoms with Crippen LogP contribution in [0.1, 0.15) is 30.5 Å². The molecule has 202 valence electrons. The number of carbonyl (C=O) groups excluding carboxylic acids is 2. The number of nitrogens with one attached hydrogen (secondary N) is 1. The second-order valence-electron chi connectivity index (χ2n) is 9.43. The fourth-order valence-corrected chi connectivity index (χ4v) is 5.06. The minimum absolute atomic E-state index is 0.0939. The summed E-state index contributed by atoms with van der Waals surface area (Å²) in [5, 5.41) is 15.6. The fourth-order valence-electron chi connectivity index (χ4n) is 5.06. The van der Waals surface area contributed by atoms with Gasteiger partial charge in [-0.15, -0.1) is 0 Å². The number of carbonyl (C=O) groups is 3. The van der Waals surface area contributed by atoms with Gasteiger partial charge in [0.1, 0.15) is 17.7 Å². The van der Waals surface area contributed by atoms with Gasteiger partial charge in [-0.3, -0.25) is 9.59 Å². The molecule has 4 rings (SSSR count). The zero-order valence-electron chi connectivity index (χ0n) is 21.6. The summed E-state index contributed by atoms with van der Waals surface area (Å²) < 4.78 is 18.7. The molecule has 2 heterocycles. The number of amides is 3. The SMILES string of the molecule is C=C1C(CC(=O)O)N2C(=O)CN(C)N(C(=O)NCc3ccc(OC)cc3)[C@H]2CN1C(C)c1ccc(F)cc1. The van der Waals surface area contributed by atoms with Gasteiger partial charge in [-0.2, -0.15) is 0 Å². The van der Waals surface area contributed by atoms with Crippen LogP contribution < -0.4 is 10.1 Å². The van der Waals surface area contributed by atoms with Crippen molar-refractivity contribution < 1.29 is 28.6 Å². The van der Waals surface area contributed by atoms with Gasteiger partial charge >= 0.3 is 12.0 Å². The van der Waals surface area contributed by atoms with Crippen LogP contribution in [-0.4, -0.2) is 82.3 Å². The van der Waals surface area contributed by atoms with Crippen molar-refractivity contribution in [3.8, 4) is 5.75 Å². The molecule has 2 fully saturated rings. The average molecular weight is 526 g/mol. The van der Waals surface area contributed by atoms with Crippen LogP contribution in [0.15, 0.2) is 60.8 Å². The Bertz CT molecular complexity index is 1210. The number of carboxylic acids is 1. The van der Waals surface area contributed by atoms with Gasteiger partial charge in [-0.1, -0.05) is 30.8 Å². The van der Waals surface area contributed by atoms with E-state index < -0.39 is 24.2 Å². The number of likely N-dealkylation sites (N-methyl/N-ethyl adjacent to an activating group) is 1. The molecule has 0 aromatic heterocycles. The molecular formula is C27H32FN5O5. The summed E-state index contributed by atoms with van der Waals surface area (Å²) in [6, 6.07) is 11.7. The van der Waals surface area contributed by atoms with Crippen LogP contribution in [0, 0.1) is 5.82 Å². The van der Waals surface area contributed by atoms with E-state index in [9.17, 15) is 23.9 Å². The number of nitrogens with zero attached hydrogens (tertiary/aromatic N) is 4. The molecule has 11 heteroatoms. The van der Waals surface area contributed by atoms with Crippen molar-refractivity contribution in [2.24, 2.45) is 0 Å². The van der Waals surface area contributed by atoms with Crippen molar-refractivity contribution in [2.45, 2.75) is 38.1 Å². The van der Waals surface area contributed by atoms with Crippen molar-refractivity contribution in [2.75, 3.05) is 27.2 Å². The van der Waals surface area contributed by atoms with Gasteiger partial charge in [0.15, 0.2) is 0 Å². The normalized spacial score (nSPS) is 20.7. The maximum absolute atomic E-state index is 13.6. The highest BCUT2D eigenvalue weighted by Gasteiger charge is 2.49. The molecule has 0 radical (unpaired) electrons. The Kier molecular flexibility index (Phi) is 7.86. The van der Waals surface area contributed by atoms with Gasteiger partial charge < -0.3 is 25.0 Å². The van der Waals surface area contributed by atoms with Crippen LogP contribution in [-0.2, 0) is 16.1 Å². The van der Waals surface area contributed by atoms with E-state index in [2.05, 4.69) is 11.9 Å². The molecule has 10 nitrogen and oxygen atoms in total. The van der Waals surface area contributed by atoms with Gasteiger partial charge in [0.2, 0.25) is 5.91 Å². The molecule has 3 atom stereocenters. The molecule has 0 aliphatic carbocycles. The number of piperazine rings is 1. The number of methoxy groups -OCH3 is 1. The van der Waals surface area contributed by atoms with E-state index >= 15 is 0 Å². The van der Waals surface area contributed by atoms with E-state index in [0.29, 0.717) is 11.4 Å². The summed E-state index contributed by atoms with van der Waals surface area (Å²) in [5.74, 6) is -1.05. The molecule has 2 N–H and O–H groups in total. The maximum atomic E-state index is 13.6. The Morgan fingerprint density at radius 3 is 2.45 bits per heavy atom. The van der Waals surface area contributed by atoms with Crippen LogP contribution >= 0.6 is 0 Å². The van der Waals surface area contributed by atoms with Gasteiger partial charge in [0, 0.05) is 19.3 Å². The fraction of sp³-hybridized carbons (Fsp3) is 0.370. The Balaban J connectivity index is 1.62. The molecule has 2 aromatic carbocycles. The third kappa shape index (κ3) is 5.42. The predicted molar refractivity (Wildman–Crippen MR) is 137 cm³/mol. The summed E-state index contributed by atoms with van der Waals surface area (Å²) in [6.07, 6.45) is -1.14. The van der Waals surface area contributed by atoms with Crippen LogP contribution in [0.3, 0.4) is 0 Å². The Morgan fingerprint density at radius 2 is 1.84 bits per heavy atom. The topological polar surface area (TPSA) is 106 Å². The molecule has 0 saturated carbocycles. The first kappa shape index (κ1) is 26.9. The number of urea groups is 1. The van der Waals surface area contributed by atoms with Crippen LogP contribution in [0.2, 0.25) is 0 Å². The summed E-state index contributed by atoms with van der Waals surface area (Å²) in [4.78, 5) is 41.8. The molecule has 2 unspecified atom stereocenters. The number of hydrogen-bond acceptors (Lipinski definition) is 6. The van der Waals surface area contributed by atoms with Crippen LogP contribution in [0.5, 0.6) is 5.75 Å². The Morgan fingerprint density at radius 1 is 1.18 bits per heavy atom. The van der Waals surface area contributed by atoms with E-state index in [1.807, 2.05) is 24.0 Å². The molecule has 38 heavy (non-hydrogen) atoms. The third-order valence-corrected chi connectivity index (χ3v) is 7.07. The van der Waals surface area contributed by atoms with Gasteiger partial charge in [0.05, 0.1) is 38.7 Å². The standard InChI is InChI=1S/C27H32FN5O5/c1-17(20-7-9-21(28)10-8-20)31-15-24-32(23(18(31)2)13-26(35)36)25(34)16-30(3)33(24)27(37)29-14-19-5-11-22(38-4)12-6-19/h5-12,17,23-24H,2,13-16H2,1,3-4H3,(H,29,37)(H,35,36)/t17?,23?,24-/m0/s1. The molecule has 2 saturated heterocycles. The first-order valence-electron chi connectivity index (χ1n) is 12.3. The highest BCUT2D eigenvalue weighted by Crippen LogP contribution is 2.36. The molecular weight excluding hydrogens is 493 g/mol. The molecule has 0 spiro atoms. The summed E-state index contributed by atoms with van der Waals surface area (Å²) in [7, 11) is 3.22. The summed E-state index contributed by atoms with van der Waals surface area (Å²) in [5.41, 5.74) is 2.11. The number of hydrogen-bond donors (Lipinski definition) is 2. The molecule has 0 bridgehead atoms. The minimum atomic E-state index is -1.09. The van der Waals surface area contributed by atoms with Crippen LogP contribution in [0.25, 0.3) is 0 Å². The van der Waals surface area contributed by atoms with E-state index in [-0.39, 0.29) is 43.8 Å². The minimum Gasteiger partial charge on any atom is -0.497 e. The van der Waals surface area contributed by atoms with E-state index in [1.165, 1.54) is 22.0 Å². The Hall–Kier alpha value is -4.12. The molecule has 2 aromatic rings. The van der Waals surface area contributed by atoms with Gasteiger partial charge in [0.25, 0.3) is 0 Å². The number of halogens is 1. The number of aliphatic carboxylic acids is 1. The number of fused-ring (bicyclic) bond motifs is 1. The maximum Gasteiger partial charge on any atom is 0.334 e. The number of rotatable bonds is 7. The number of ether oxygens (including phenoxy) is 1. The second-order valence-corrected chi connectivity index (χ2v) is 9.43. The first-order chi connectivity index (χ1) is 18.1. The zero-order chi connectivity index (χ0) is 27.6. The number of hydrazine groups is 1. The first-order valence-corrected chi connectivity index (χ1v) is 12.3. The molecule has 2 aliphatic rings. The third-order valence-electron chi connectivity index (χ3n) is 7.07. The van der Waals surface area contributed by atoms with Crippen molar-refractivity contribution in [3.63, 3.8) is 0 Å². The van der Waals surface area contributed by atoms with Crippen LogP contribution in [0.4, 0.5) is 9.18 Å². The van der Waals surface area contributed by atoms with Gasteiger partial charge in [-0.25, -0.2) is 19.2 Å². The van der Waals surface area contributed by atoms with Crippen molar-refractivity contribution in [3.05, 3.63) is 77.8 Å². The lowest BCUT2D eigenvalue weighted by atomic mass is 9.97. The summed E-state index contributed by atoms with van der Waals surface area (Å²) in [6.45, 7) is 6.39. The van der Waals surface area contributed by atoms with E-state index in [1.54, 1.807) is 43.4 Å². The van der Waals surface area contributed by atoms with E-state index in [4.69, 9.17) is 4.74 Å². The molecule has 3 amide bonds. The lowest BCUT2D eigenvalue weighted by molar-refractivity contribution is -0.177. The summed E-state index contributed by atoms with van der Waals surface area (Å²) >= 11 is 0.